The first-order valence-electron chi connectivity index (χ1n) is 21.0. The van der Waals surface area contributed by atoms with E-state index in [4.69, 9.17) is 5.10 Å². The van der Waals surface area contributed by atoms with E-state index >= 15 is 0 Å². The SMILES string of the molecule is C/C(=N\NC(=O)c1cccc2c(=O)c3ccccc3[nH]c12)C1CCC2C3CCC4=C/C(=N\NC(=O)c5cccc6c(=O)c7ccccc7[nH]c56)CCC4(C)C3CCC12C. The molecule has 4 aliphatic carbocycles. The second-order valence-electron chi connectivity index (χ2n) is 17.9. The topological polar surface area (TPSA) is 149 Å². The average molecular weight is 785 g/mol. The van der Waals surface area contributed by atoms with Gasteiger partial charge in [-0.1, -0.05) is 55.8 Å². The van der Waals surface area contributed by atoms with Crippen LogP contribution in [0.5, 0.6) is 0 Å². The Morgan fingerprint density at radius 3 is 1.90 bits per heavy atom. The van der Waals surface area contributed by atoms with E-state index < -0.39 is 0 Å². The Bertz CT molecular complexity index is 2980. The molecule has 4 aromatic carbocycles. The quantitative estimate of drug-likeness (QED) is 0.0784. The van der Waals surface area contributed by atoms with Crippen LogP contribution in [0.2, 0.25) is 0 Å². The fourth-order valence-electron chi connectivity index (χ4n) is 12.1. The predicted octanol–water partition coefficient (Wildman–Crippen LogP) is 9.15. The van der Waals surface area contributed by atoms with Gasteiger partial charge in [0.1, 0.15) is 0 Å². The Morgan fingerprint density at radius 1 is 0.661 bits per heavy atom. The average Bonchev–Trinajstić information content (AvgIpc) is 3.62. The van der Waals surface area contributed by atoms with Gasteiger partial charge in [-0.25, -0.2) is 10.9 Å². The van der Waals surface area contributed by atoms with Crippen molar-refractivity contribution in [2.75, 3.05) is 0 Å². The molecule has 4 aliphatic rings. The van der Waals surface area contributed by atoms with Crippen LogP contribution in [0.15, 0.2) is 116 Å². The van der Waals surface area contributed by atoms with Gasteiger partial charge in [0, 0.05) is 44.2 Å². The van der Waals surface area contributed by atoms with Crippen LogP contribution < -0.4 is 21.7 Å². The van der Waals surface area contributed by atoms with Gasteiger partial charge in [0.2, 0.25) is 0 Å². The third-order valence-corrected chi connectivity index (χ3v) is 15.1. The lowest BCUT2D eigenvalue weighted by atomic mass is 9.46. The number of hydrazone groups is 2. The van der Waals surface area contributed by atoms with Crippen LogP contribution in [0, 0.1) is 34.5 Å². The third-order valence-electron chi connectivity index (χ3n) is 15.1. The van der Waals surface area contributed by atoms with Crippen LogP contribution in [0.4, 0.5) is 0 Å². The Labute approximate surface area is 341 Å². The van der Waals surface area contributed by atoms with E-state index in [1.54, 1.807) is 48.5 Å². The van der Waals surface area contributed by atoms with Crippen molar-refractivity contribution in [2.45, 2.75) is 72.1 Å². The minimum absolute atomic E-state index is 0.0867. The van der Waals surface area contributed by atoms with Gasteiger partial charge in [0.05, 0.1) is 27.9 Å². The number of carbonyl (C=O) groups excluding carboxylic acids is 2. The Kier molecular flexibility index (Phi) is 8.81. The van der Waals surface area contributed by atoms with Gasteiger partial charge in [-0.3, -0.25) is 19.2 Å². The molecular weight excluding hydrogens is 737 g/mol. The number of hydrogen-bond donors (Lipinski definition) is 4. The fourth-order valence-corrected chi connectivity index (χ4v) is 12.1. The summed E-state index contributed by atoms with van der Waals surface area (Å²) in [5, 5.41) is 11.5. The molecule has 4 N–H and O–H groups in total. The van der Waals surface area contributed by atoms with Crippen LogP contribution in [-0.4, -0.2) is 33.2 Å². The molecule has 6 atom stereocenters. The van der Waals surface area contributed by atoms with E-state index in [2.05, 4.69) is 52.8 Å². The summed E-state index contributed by atoms with van der Waals surface area (Å²) in [6.45, 7) is 6.99. The van der Waals surface area contributed by atoms with Gasteiger partial charge in [0.15, 0.2) is 10.9 Å². The van der Waals surface area contributed by atoms with Crippen LogP contribution in [-0.2, 0) is 0 Å². The molecule has 2 aromatic heterocycles. The largest absolute Gasteiger partial charge is 0.354 e. The summed E-state index contributed by atoms with van der Waals surface area (Å²) in [4.78, 5) is 60.2. The number of nitrogens with one attached hydrogen (secondary N) is 4. The first kappa shape index (κ1) is 37.1. The summed E-state index contributed by atoms with van der Waals surface area (Å²) < 4.78 is 0. The number of H-pyrrole nitrogens is 2. The zero-order chi connectivity index (χ0) is 40.6. The van der Waals surface area contributed by atoms with E-state index in [9.17, 15) is 19.2 Å². The highest BCUT2D eigenvalue weighted by molar-refractivity contribution is 6.09. The summed E-state index contributed by atoms with van der Waals surface area (Å²) in [6.07, 6.45) is 10.7. The minimum atomic E-state index is -0.344. The summed E-state index contributed by atoms with van der Waals surface area (Å²) in [7, 11) is 0. The van der Waals surface area contributed by atoms with Gasteiger partial charge in [-0.2, -0.15) is 10.2 Å². The molecule has 59 heavy (non-hydrogen) atoms. The molecule has 0 radical (unpaired) electrons. The summed E-state index contributed by atoms with van der Waals surface area (Å²) in [5.41, 5.74) is 12.2. The second-order valence-corrected chi connectivity index (χ2v) is 17.9. The molecule has 0 bridgehead atoms. The van der Waals surface area contributed by atoms with E-state index in [1.165, 1.54) is 5.57 Å². The lowest BCUT2D eigenvalue weighted by molar-refractivity contribution is -0.0407. The standard InChI is InChI=1S/C49H48N6O4/c1-27(52-54-46(58)35-14-8-12-33-42(35)50-40-16-6-4-10-31(40)44(33)56)37-20-21-38-30-19-18-28-26-29(22-24-48(28,2)39(30)23-25-49(37,38)3)53-55-47(59)36-15-9-13-34-43(36)51-41-17-7-5-11-32(41)45(34)57/h4-17,26,30,37-39H,18-25H2,1-3H3,(H,50,56)(H,51,57)(H,54,58)(H,55,59)/b52-27+,53-29-. The van der Waals surface area contributed by atoms with Crippen LogP contribution in [0.3, 0.4) is 0 Å². The molecule has 0 spiro atoms. The Morgan fingerprint density at radius 2 is 1.25 bits per heavy atom. The highest BCUT2D eigenvalue weighted by Gasteiger charge is 2.59. The van der Waals surface area contributed by atoms with Crippen molar-refractivity contribution in [2.24, 2.45) is 44.7 Å². The van der Waals surface area contributed by atoms with E-state index in [0.717, 1.165) is 62.8 Å². The van der Waals surface area contributed by atoms with Crippen molar-refractivity contribution in [1.29, 1.82) is 0 Å². The maximum Gasteiger partial charge on any atom is 0.273 e. The van der Waals surface area contributed by atoms with Crippen molar-refractivity contribution < 1.29 is 9.59 Å². The van der Waals surface area contributed by atoms with E-state index in [1.807, 2.05) is 36.4 Å². The van der Waals surface area contributed by atoms with Gasteiger partial charge >= 0.3 is 0 Å². The van der Waals surface area contributed by atoms with Gasteiger partial charge in [-0.15, -0.1) is 0 Å². The van der Waals surface area contributed by atoms with E-state index in [-0.39, 0.29) is 39.4 Å². The number of para-hydroxylation sites is 4. The highest BCUT2D eigenvalue weighted by Crippen LogP contribution is 2.66. The van der Waals surface area contributed by atoms with Gasteiger partial charge < -0.3 is 9.97 Å². The molecule has 2 heterocycles. The van der Waals surface area contributed by atoms with Crippen LogP contribution >= 0.6 is 0 Å². The number of rotatable bonds is 5. The maximum atomic E-state index is 13.6. The number of pyridine rings is 2. The molecule has 6 aromatic rings. The first-order chi connectivity index (χ1) is 28.5. The lowest BCUT2D eigenvalue weighted by Gasteiger charge is -2.58. The number of carbonyl (C=O) groups is 2. The Hall–Kier alpha value is -6.16. The second kappa shape index (κ2) is 14.0. The van der Waals surface area contributed by atoms with Crippen LogP contribution in [0.25, 0.3) is 43.6 Å². The predicted molar refractivity (Wildman–Crippen MR) is 235 cm³/mol. The molecule has 10 heteroatoms. The Balaban J connectivity index is 0.835. The van der Waals surface area contributed by atoms with E-state index in [0.29, 0.717) is 72.5 Å². The molecule has 0 aliphatic heterocycles. The number of aromatic amines is 2. The molecule has 10 rings (SSSR count). The molecule has 10 nitrogen and oxygen atoms in total. The molecule has 0 saturated heterocycles. The summed E-state index contributed by atoms with van der Waals surface area (Å²) >= 11 is 0. The zero-order valence-electron chi connectivity index (χ0n) is 33.7. The first-order valence-corrected chi connectivity index (χ1v) is 21.0. The maximum absolute atomic E-state index is 13.6. The number of hydrogen-bond acceptors (Lipinski definition) is 6. The minimum Gasteiger partial charge on any atom is -0.354 e. The number of aromatic nitrogens is 2. The van der Waals surface area contributed by atoms with Gasteiger partial charge in [0.25, 0.3) is 11.8 Å². The number of nitrogens with zero attached hydrogens (tertiary/aromatic N) is 2. The number of fused-ring (bicyclic) bond motifs is 9. The molecular formula is C49H48N6O4. The van der Waals surface area contributed by atoms with Crippen molar-refractivity contribution in [3.8, 4) is 0 Å². The van der Waals surface area contributed by atoms with Crippen molar-refractivity contribution in [3.05, 3.63) is 128 Å². The fraction of sp³-hybridized carbons (Fsp3) is 0.347. The van der Waals surface area contributed by atoms with Gasteiger partial charge in [-0.05, 0) is 141 Å². The zero-order valence-corrected chi connectivity index (χ0v) is 33.7. The van der Waals surface area contributed by atoms with Crippen LogP contribution in [0.1, 0.15) is 92.9 Å². The monoisotopic (exact) mass is 784 g/mol. The molecule has 298 valence electrons. The van der Waals surface area contributed by atoms with Crippen molar-refractivity contribution in [3.63, 3.8) is 0 Å². The lowest BCUT2D eigenvalue weighted by Crippen LogP contribution is -2.51. The smallest absolute Gasteiger partial charge is 0.273 e. The number of amides is 2. The molecule has 3 fully saturated rings. The summed E-state index contributed by atoms with van der Waals surface area (Å²) in [5.74, 6) is 1.39. The highest BCUT2D eigenvalue weighted by atomic mass is 16.2. The van der Waals surface area contributed by atoms with Crippen molar-refractivity contribution in [1.82, 2.24) is 20.8 Å². The molecule has 6 unspecified atom stereocenters. The third kappa shape index (κ3) is 5.89. The molecule has 3 saturated carbocycles. The van der Waals surface area contributed by atoms with Crippen molar-refractivity contribution >= 4 is 66.8 Å². The normalized spacial score (nSPS) is 27.3. The number of benzene rings is 4. The summed E-state index contributed by atoms with van der Waals surface area (Å²) in [6, 6.07) is 25.2. The molecule has 2 amide bonds. The number of allylic oxidation sites excluding steroid dienone is 2.